The van der Waals surface area contributed by atoms with E-state index in [1.807, 2.05) is 13.8 Å². The maximum Gasteiger partial charge on any atom is 0.374 e. The third kappa shape index (κ3) is 10.8. The molecule has 8 heteroatoms. The van der Waals surface area contributed by atoms with E-state index in [1.54, 1.807) is 48.5 Å². The Bertz CT molecular complexity index is 1030. The minimum absolute atomic E-state index is 0.176. The minimum Gasteiger partial charge on any atom is -0.494 e. The van der Waals surface area contributed by atoms with Crippen molar-refractivity contribution >= 4 is 23.5 Å². The molecule has 0 aliphatic heterocycles. The highest BCUT2D eigenvalue weighted by molar-refractivity contribution is 6.05. The Hall–Kier alpha value is -3.81. The highest BCUT2D eigenvalue weighted by Crippen LogP contribution is 2.27. The summed E-state index contributed by atoms with van der Waals surface area (Å²) in [6, 6.07) is 13.4. The molecule has 0 radical (unpaired) electrons. The van der Waals surface area contributed by atoms with Crippen LogP contribution in [0.25, 0.3) is 0 Å². The average Bonchev–Trinajstić information content (AvgIpc) is 2.90. The molecule has 2 aromatic carbocycles. The Labute approximate surface area is 218 Å². The number of nitrogens with one attached hydrogen (secondary N) is 1. The zero-order chi connectivity index (χ0) is 26.9. The topological polar surface area (TPSA) is 100 Å². The molecule has 0 aromatic heterocycles. The molecule has 8 nitrogen and oxygen atoms in total. The first-order chi connectivity index (χ1) is 18.0. The summed E-state index contributed by atoms with van der Waals surface area (Å²) in [5, 5.41) is 2.79. The van der Waals surface area contributed by atoms with Gasteiger partial charge in [-0.2, -0.15) is 0 Å². The molecule has 0 unspecified atom stereocenters. The van der Waals surface area contributed by atoms with E-state index in [9.17, 15) is 14.4 Å². The monoisotopic (exact) mass is 511 g/mol. The smallest absolute Gasteiger partial charge is 0.374 e. The molecule has 2 aromatic rings. The zero-order valence-electron chi connectivity index (χ0n) is 21.9. The van der Waals surface area contributed by atoms with Gasteiger partial charge >= 0.3 is 11.9 Å². The molecule has 37 heavy (non-hydrogen) atoms. The molecule has 0 saturated carbocycles. The lowest BCUT2D eigenvalue weighted by Gasteiger charge is -2.14. The molecule has 0 spiro atoms. The molecule has 200 valence electrons. The largest absolute Gasteiger partial charge is 0.494 e. The fourth-order valence-electron chi connectivity index (χ4n) is 2.98. The van der Waals surface area contributed by atoms with Crippen molar-refractivity contribution < 1.29 is 33.3 Å². The van der Waals surface area contributed by atoms with Gasteiger partial charge in [0.2, 0.25) is 5.76 Å². The summed E-state index contributed by atoms with van der Waals surface area (Å²) in [7, 11) is 0. The summed E-state index contributed by atoms with van der Waals surface area (Å²) in [6.45, 7) is 7.08. The standard InChI is InChI=1S/C29H37NO7/c1-4-7-18-34-23-16-14-22(15-17-23)28(32)30-24-12-10-11-13-25(24)37-26(29(33)36-20-9-6-3)21-27(31)35-19-8-5-2/h10-17,21H,4-9,18-20H2,1-3H3,(H,30,32)/b26-21+. The number of carbonyl (C=O) groups is 3. The van der Waals surface area contributed by atoms with E-state index in [4.69, 9.17) is 18.9 Å². The van der Waals surface area contributed by atoms with E-state index >= 15 is 0 Å². The second-order valence-electron chi connectivity index (χ2n) is 8.30. The molecule has 1 N–H and O–H groups in total. The van der Waals surface area contributed by atoms with Gasteiger partial charge in [-0.05, 0) is 55.7 Å². The highest BCUT2D eigenvalue weighted by atomic mass is 16.6. The fraction of sp³-hybridized carbons (Fsp3) is 0.414. The van der Waals surface area contributed by atoms with Crippen LogP contribution in [0.4, 0.5) is 5.69 Å². The van der Waals surface area contributed by atoms with Crippen molar-refractivity contribution in [1.29, 1.82) is 0 Å². The van der Waals surface area contributed by atoms with E-state index in [1.165, 1.54) is 0 Å². The van der Waals surface area contributed by atoms with Crippen LogP contribution in [-0.4, -0.2) is 37.7 Å². The number of hydrogen-bond donors (Lipinski definition) is 1. The Kier molecular flexibility index (Phi) is 13.3. The number of hydrogen-bond acceptors (Lipinski definition) is 7. The second kappa shape index (κ2) is 16.8. The molecule has 2 rings (SSSR count). The lowest BCUT2D eigenvalue weighted by atomic mass is 10.2. The molecule has 0 aliphatic rings. The number of para-hydroxylation sites is 2. The third-order valence-corrected chi connectivity index (χ3v) is 5.16. The van der Waals surface area contributed by atoms with Gasteiger partial charge < -0.3 is 24.3 Å². The highest BCUT2D eigenvalue weighted by Gasteiger charge is 2.19. The van der Waals surface area contributed by atoms with Gasteiger partial charge in [-0.1, -0.05) is 52.2 Å². The van der Waals surface area contributed by atoms with E-state index in [0.29, 0.717) is 36.4 Å². The summed E-state index contributed by atoms with van der Waals surface area (Å²) in [5.74, 6) is -1.33. The Balaban J connectivity index is 2.16. The van der Waals surface area contributed by atoms with Gasteiger partial charge in [0.25, 0.3) is 5.91 Å². The maximum absolute atomic E-state index is 12.9. The number of anilines is 1. The quantitative estimate of drug-likeness (QED) is 0.126. The van der Waals surface area contributed by atoms with Crippen LogP contribution in [0.2, 0.25) is 0 Å². The molecule has 0 aliphatic carbocycles. The van der Waals surface area contributed by atoms with Crippen LogP contribution >= 0.6 is 0 Å². The summed E-state index contributed by atoms with van der Waals surface area (Å²) in [6.07, 6.45) is 6.05. The van der Waals surface area contributed by atoms with Crippen LogP contribution in [0.1, 0.15) is 69.7 Å². The van der Waals surface area contributed by atoms with Gasteiger partial charge in [0.1, 0.15) is 5.75 Å². The Morgan fingerprint density at radius 1 is 0.784 bits per heavy atom. The van der Waals surface area contributed by atoms with Crippen molar-refractivity contribution in [2.75, 3.05) is 25.1 Å². The summed E-state index contributed by atoms with van der Waals surface area (Å²) in [5.41, 5.74) is 0.745. The van der Waals surface area contributed by atoms with Crippen molar-refractivity contribution in [1.82, 2.24) is 0 Å². The van der Waals surface area contributed by atoms with Crippen molar-refractivity contribution in [3.63, 3.8) is 0 Å². The molecule has 0 atom stereocenters. The number of carbonyl (C=O) groups excluding carboxylic acids is 3. The number of unbranched alkanes of at least 4 members (excludes halogenated alkanes) is 3. The summed E-state index contributed by atoms with van der Waals surface area (Å²) >= 11 is 0. The molecule has 0 heterocycles. The first kappa shape index (κ1) is 29.4. The first-order valence-corrected chi connectivity index (χ1v) is 12.8. The Morgan fingerprint density at radius 2 is 1.41 bits per heavy atom. The predicted octanol–water partition coefficient (Wildman–Crippen LogP) is 6.07. The molecule has 0 fully saturated rings. The minimum atomic E-state index is -0.791. The van der Waals surface area contributed by atoms with Crippen LogP contribution in [-0.2, 0) is 19.1 Å². The molecular formula is C29H37NO7. The zero-order valence-corrected chi connectivity index (χ0v) is 21.9. The summed E-state index contributed by atoms with van der Waals surface area (Å²) in [4.78, 5) is 37.8. The van der Waals surface area contributed by atoms with Crippen molar-refractivity contribution in [3.05, 3.63) is 65.9 Å². The normalized spacial score (nSPS) is 10.9. The lowest BCUT2D eigenvalue weighted by molar-refractivity contribution is -0.143. The lowest BCUT2D eigenvalue weighted by Crippen LogP contribution is -2.18. The Morgan fingerprint density at radius 3 is 2.08 bits per heavy atom. The van der Waals surface area contributed by atoms with Crippen LogP contribution < -0.4 is 14.8 Å². The van der Waals surface area contributed by atoms with E-state index in [-0.39, 0.29) is 30.6 Å². The summed E-state index contributed by atoms with van der Waals surface area (Å²) < 4.78 is 21.8. The van der Waals surface area contributed by atoms with Crippen LogP contribution in [0, 0.1) is 0 Å². The second-order valence-corrected chi connectivity index (χ2v) is 8.30. The fourth-order valence-corrected chi connectivity index (χ4v) is 2.98. The van der Waals surface area contributed by atoms with Gasteiger partial charge in [-0.3, -0.25) is 4.79 Å². The van der Waals surface area contributed by atoms with Crippen molar-refractivity contribution in [3.8, 4) is 11.5 Å². The van der Waals surface area contributed by atoms with Gasteiger partial charge in [0.05, 0.1) is 31.6 Å². The van der Waals surface area contributed by atoms with Crippen LogP contribution in [0.5, 0.6) is 11.5 Å². The van der Waals surface area contributed by atoms with Crippen LogP contribution in [0.15, 0.2) is 60.4 Å². The third-order valence-electron chi connectivity index (χ3n) is 5.16. The van der Waals surface area contributed by atoms with Crippen molar-refractivity contribution in [2.24, 2.45) is 0 Å². The first-order valence-electron chi connectivity index (χ1n) is 12.8. The predicted molar refractivity (Wildman–Crippen MR) is 142 cm³/mol. The molecule has 0 saturated heterocycles. The molecular weight excluding hydrogens is 474 g/mol. The van der Waals surface area contributed by atoms with E-state index in [2.05, 4.69) is 12.2 Å². The SMILES string of the molecule is CCCCOC(=O)/C=C(/Oc1ccccc1NC(=O)c1ccc(OCCCC)cc1)C(=O)OCCCC. The number of esters is 2. The number of rotatable bonds is 16. The van der Waals surface area contributed by atoms with Gasteiger partial charge in [0, 0.05) is 5.56 Å². The molecule has 0 bridgehead atoms. The van der Waals surface area contributed by atoms with Gasteiger partial charge in [-0.25, -0.2) is 9.59 Å². The average molecular weight is 512 g/mol. The van der Waals surface area contributed by atoms with E-state index in [0.717, 1.165) is 31.8 Å². The number of ether oxygens (including phenoxy) is 4. The molecule has 1 amide bonds. The van der Waals surface area contributed by atoms with Gasteiger partial charge in [0.15, 0.2) is 5.75 Å². The van der Waals surface area contributed by atoms with Crippen LogP contribution in [0.3, 0.4) is 0 Å². The van der Waals surface area contributed by atoms with Gasteiger partial charge in [-0.15, -0.1) is 0 Å². The number of amides is 1. The van der Waals surface area contributed by atoms with Crippen molar-refractivity contribution in [2.45, 2.75) is 59.3 Å². The number of benzene rings is 2. The van der Waals surface area contributed by atoms with E-state index < -0.39 is 11.9 Å². The maximum atomic E-state index is 12.9.